The largest absolute Gasteiger partial charge is 0.393 e. The molecule has 16 heavy (non-hydrogen) atoms. The Labute approximate surface area is 95.4 Å². The molecule has 0 unspecified atom stereocenters. The molecule has 0 spiro atoms. The van der Waals surface area contributed by atoms with Crippen molar-refractivity contribution in [1.82, 2.24) is 0 Å². The van der Waals surface area contributed by atoms with Gasteiger partial charge in [-0.1, -0.05) is 37.3 Å². The molecular weight excluding hydrogens is 204 g/mol. The van der Waals surface area contributed by atoms with Gasteiger partial charge in [0.15, 0.2) is 0 Å². The highest BCUT2D eigenvalue weighted by Crippen LogP contribution is 2.04. The Morgan fingerprint density at radius 2 is 1.69 bits per heavy atom. The first-order valence-corrected chi connectivity index (χ1v) is 5.29. The molecule has 85 valence electrons. The number of esters is 2. The van der Waals surface area contributed by atoms with E-state index in [0.29, 0.717) is 12.8 Å². The highest BCUT2D eigenvalue weighted by molar-refractivity contribution is 5.85. The van der Waals surface area contributed by atoms with Crippen LogP contribution in [0.3, 0.4) is 0 Å². The molecule has 1 aromatic carbocycles. The average Bonchev–Trinajstić information content (AvgIpc) is 2.28. The SMILES string of the molecule is [CH2]CCC(=O)OC(=O)CCc1ccccc1. The fourth-order valence-electron chi connectivity index (χ4n) is 1.26. The first-order chi connectivity index (χ1) is 7.72. The number of hydrogen-bond acceptors (Lipinski definition) is 3. The molecular formula is C13H15O3. The van der Waals surface area contributed by atoms with Crippen LogP contribution >= 0.6 is 0 Å². The van der Waals surface area contributed by atoms with Crippen molar-refractivity contribution in [2.24, 2.45) is 0 Å². The van der Waals surface area contributed by atoms with Gasteiger partial charge in [0.2, 0.25) is 0 Å². The summed E-state index contributed by atoms with van der Waals surface area (Å²) in [4.78, 5) is 22.2. The summed E-state index contributed by atoms with van der Waals surface area (Å²) < 4.78 is 4.59. The van der Waals surface area contributed by atoms with Gasteiger partial charge in [-0.3, -0.25) is 9.59 Å². The molecule has 0 N–H and O–H groups in total. The fourth-order valence-corrected chi connectivity index (χ4v) is 1.26. The second-order valence-electron chi connectivity index (χ2n) is 3.44. The van der Waals surface area contributed by atoms with Crippen molar-refractivity contribution in [2.45, 2.75) is 25.7 Å². The lowest BCUT2D eigenvalue weighted by Crippen LogP contribution is -2.12. The third-order valence-corrected chi connectivity index (χ3v) is 2.07. The van der Waals surface area contributed by atoms with Crippen molar-refractivity contribution < 1.29 is 14.3 Å². The van der Waals surface area contributed by atoms with E-state index in [0.717, 1.165) is 5.56 Å². The quantitative estimate of drug-likeness (QED) is 0.563. The minimum absolute atomic E-state index is 0.192. The van der Waals surface area contributed by atoms with Crippen LogP contribution in [0.5, 0.6) is 0 Å². The Hall–Kier alpha value is -1.64. The van der Waals surface area contributed by atoms with Crippen LogP contribution in [0.2, 0.25) is 0 Å². The zero-order chi connectivity index (χ0) is 11.8. The maximum Gasteiger partial charge on any atom is 0.313 e. The van der Waals surface area contributed by atoms with Crippen molar-refractivity contribution in [1.29, 1.82) is 0 Å². The first-order valence-electron chi connectivity index (χ1n) is 5.29. The minimum Gasteiger partial charge on any atom is -0.393 e. The van der Waals surface area contributed by atoms with Crippen molar-refractivity contribution in [3.8, 4) is 0 Å². The van der Waals surface area contributed by atoms with E-state index in [1.165, 1.54) is 0 Å². The van der Waals surface area contributed by atoms with E-state index in [9.17, 15) is 9.59 Å². The molecule has 0 bridgehead atoms. The number of carbonyl (C=O) groups excluding carboxylic acids is 2. The van der Waals surface area contributed by atoms with Crippen molar-refractivity contribution >= 4 is 11.9 Å². The van der Waals surface area contributed by atoms with Crippen molar-refractivity contribution in [3.63, 3.8) is 0 Å². The summed E-state index contributed by atoms with van der Waals surface area (Å²) in [5.74, 6) is -0.963. The number of hydrogen-bond donors (Lipinski definition) is 0. The highest BCUT2D eigenvalue weighted by Gasteiger charge is 2.09. The highest BCUT2D eigenvalue weighted by atomic mass is 16.6. The van der Waals surface area contributed by atoms with E-state index in [1.807, 2.05) is 30.3 Å². The molecule has 0 aliphatic carbocycles. The maximum absolute atomic E-state index is 11.2. The maximum atomic E-state index is 11.2. The van der Waals surface area contributed by atoms with Gasteiger partial charge in [0.1, 0.15) is 0 Å². The number of carbonyl (C=O) groups is 2. The van der Waals surface area contributed by atoms with Crippen molar-refractivity contribution in [2.75, 3.05) is 0 Å². The van der Waals surface area contributed by atoms with E-state index in [-0.39, 0.29) is 12.8 Å². The summed E-state index contributed by atoms with van der Waals surface area (Å²) in [6.07, 6.45) is 1.46. The third kappa shape index (κ3) is 4.73. The Bertz CT molecular complexity index is 343. The molecule has 0 aliphatic rings. The summed E-state index contributed by atoms with van der Waals surface area (Å²) >= 11 is 0. The normalized spacial score (nSPS) is 9.81. The van der Waals surface area contributed by atoms with Gasteiger partial charge in [-0.15, -0.1) is 0 Å². The molecule has 0 aromatic heterocycles. The molecule has 0 aliphatic heterocycles. The summed E-state index contributed by atoms with van der Waals surface area (Å²) in [5, 5.41) is 0. The van der Waals surface area contributed by atoms with E-state index in [4.69, 9.17) is 0 Å². The minimum atomic E-state index is -0.493. The van der Waals surface area contributed by atoms with Crippen LogP contribution in [-0.2, 0) is 20.7 Å². The molecule has 1 rings (SSSR count). The summed E-state index contributed by atoms with van der Waals surface area (Å²) in [7, 11) is 0. The molecule has 0 saturated carbocycles. The number of benzene rings is 1. The molecule has 0 amide bonds. The molecule has 3 nitrogen and oxygen atoms in total. The van der Waals surface area contributed by atoms with Gasteiger partial charge >= 0.3 is 11.9 Å². The van der Waals surface area contributed by atoms with Gasteiger partial charge in [0, 0.05) is 6.42 Å². The Morgan fingerprint density at radius 1 is 1.06 bits per heavy atom. The molecule has 0 fully saturated rings. The van der Waals surface area contributed by atoms with Gasteiger partial charge in [-0.2, -0.15) is 0 Å². The molecule has 0 atom stereocenters. The lowest BCUT2D eigenvalue weighted by atomic mass is 10.1. The van der Waals surface area contributed by atoms with Crippen LogP contribution in [0.1, 0.15) is 24.8 Å². The zero-order valence-corrected chi connectivity index (χ0v) is 9.15. The lowest BCUT2D eigenvalue weighted by Gasteiger charge is -2.02. The Kier molecular flexibility index (Phi) is 5.26. The van der Waals surface area contributed by atoms with Crippen LogP contribution in [0.4, 0.5) is 0 Å². The fraction of sp³-hybridized carbons (Fsp3) is 0.308. The summed E-state index contributed by atoms with van der Waals surface area (Å²) in [5.41, 5.74) is 1.06. The van der Waals surface area contributed by atoms with Gasteiger partial charge in [-0.05, 0) is 18.4 Å². The molecule has 1 radical (unpaired) electrons. The average molecular weight is 219 g/mol. The predicted molar refractivity (Wildman–Crippen MR) is 60.5 cm³/mol. The molecule has 1 aromatic rings. The number of ether oxygens (including phenoxy) is 1. The third-order valence-electron chi connectivity index (χ3n) is 2.07. The van der Waals surface area contributed by atoms with Gasteiger partial charge in [0.25, 0.3) is 0 Å². The molecule has 0 saturated heterocycles. The van der Waals surface area contributed by atoms with Crippen LogP contribution in [0.15, 0.2) is 30.3 Å². The monoisotopic (exact) mass is 219 g/mol. The van der Waals surface area contributed by atoms with Gasteiger partial charge < -0.3 is 4.74 Å². The molecule has 3 heteroatoms. The van der Waals surface area contributed by atoms with E-state index < -0.39 is 11.9 Å². The predicted octanol–water partition coefficient (Wildman–Crippen LogP) is 2.30. The van der Waals surface area contributed by atoms with Gasteiger partial charge in [0.05, 0.1) is 6.42 Å². The zero-order valence-electron chi connectivity index (χ0n) is 9.15. The van der Waals surface area contributed by atoms with Crippen LogP contribution in [0, 0.1) is 6.92 Å². The van der Waals surface area contributed by atoms with Crippen LogP contribution < -0.4 is 0 Å². The van der Waals surface area contributed by atoms with Gasteiger partial charge in [-0.25, -0.2) is 0 Å². The molecule has 0 heterocycles. The smallest absolute Gasteiger partial charge is 0.313 e. The van der Waals surface area contributed by atoms with Crippen LogP contribution in [-0.4, -0.2) is 11.9 Å². The number of aryl methyl sites for hydroxylation is 1. The lowest BCUT2D eigenvalue weighted by molar-refractivity contribution is -0.159. The van der Waals surface area contributed by atoms with E-state index in [1.54, 1.807) is 0 Å². The summed E-state index contributed by atoms with van der Waals surface area (Å²) in [6.45, 7) is 3.51. The second kappa shape index (κ2) is 6.77. The number of rotatable bonds is 5. The first kappa shape index (κ1) is 12.4. The standard InChI is InChI=1S/C13H15O3/c1-2-6-12(14)16-13(15)10-9-11-7-4-3-5-8-11/h3-5,7-8H,1-2,6,9-10H2. The van der Waals surface area contributed by atoms with E-state index >= 15 is 0 Å². The Balaban J connectivity index is 2.28. The summed E-state index contributed by atoms with van der Waals surface area (Å²) in [6, 6.07) is 9.61. The van der Waals surface area contributed by atoms with Crippen LogP contribution in [0.25, 0.3) is 0 Å². The topological polar surface area (TPSA) is 43.4 Å². The van der Waals surface area contributed by atoms with Crippen molar-refractivity contribution in [3.05, 3.63) is 42.8 Å². The van der Waals surface area contributed by atoms with E-state index in [2.05, 4.69) is 11.7 Å². The Morgan fingerprint density at radius 3 is 2.31 bits per heavy atom. The second-order valence-corrected chi connectivity index (χ2v) is 3.44.